The lowest BCUT2D eigenvalue weighted by atomic mass is 9.92. The summed E-state index contributed by atoms with van der Waals surface area (Å²) in [5, 5.41) is 9.80. The highest BCUT2D eigenvalue weighted by Gasteiger charge is 2.23. The fourth-order valence-corrected chi connectivity index (χ4v) is 2.54. The summed E-state index contributed by atoms with van der Waals surface area (Å²) in [6.45, 7) is 0. The monoisotopic (exact) mass is 363 g/mol. The van der Waals surface area contributed by atoms with Gasteiger partial charge in [0.25, 0.3) is 0 Å². The standard InChI is InChI=1S/C16H11BrClNO2/c1-21-12-5-2-10(3-6-12)14(9-19)16(20)13-8-11(18)4-7-15(13)17/h2-8,14H,1H3. The van der Waals surface area contributed by atoms with Gasteiger partial charge in [-0.2, -0.15) is 5.26 Å². The van der Waals surface area contributed by atoms with Crippen LogP contribution >= 0.6 is 27.5 Å². The van der Waals surface area contributed by atoms with Crippen molar-refractivity contribution in [1.29, 1.82) is 5.26 Å². The van der Waals surface area contributed by atoms with Crippen LogP contribution in [0.25, 0.3) is 0 Å². The number of halogens is 2. The normalized spacial score (nSPS) is 11.5. The van der Waals surface area contributed by atoms with Crippen LogP contribution < -0.4 is 4.74 Å². The number of carbonyl (C=O) groups excluding carboxylic acids is 1. The Kier molecular flexibility index (Phi) is 5.00. The zero-order valence-corrected chi connectivity index (χ0v) is 13.5. The fraction of sp³-hybridized carbons (Fsp3) is 0.125. The van der Waals surface area contributed by atoms with Gasteiger partial charge in [-0.1, -0.05) is 39.7 Å². The van der Waals surface area contributed by atoms with Crippen molar-refractivity contribution in [2.24, 2.45) is 0 Å². The van der Waals surface area contributed by atoms with E-state index >= 15 is 0 Å². The average molecular weight is 365 g/mol. The minimum atomic E-state index is -0.884. The van der Waals surface area contributed by atoms with E-state index in [-0.39, 0.29) is 5.78 Å². The van der Waals surface area contributed by atoms with Gasteiger partial charge < -0.3 is 4.74 Å². The molecule has 2 aromatic carbocycles. The second kappa shape index (κ2) is 6.75. The zero-order chi connectivity index (χ0) is 15.4. The number of nitriles is 1. The van der Waals surface area contributed by atoms with Crippen molar-refractivity contribution in [3.63, 3.8) is 0 Å². The summed E-state index contributed by atoms with van der Waals surface area (Å²) < 4.78 is 5.69. The molecule has 0 N–H and O–H groups in total. The smallest absolute Gasteiger partial charge is 0.185 e. The molecule has 106 valence electrons. The number of hydrogen-bond acceptors (Lipinski definition) is 3. The van der Waals surface area contributed by atoms with Crippen molar-refractivity contribution >= 4 is 33.3 Å². The van der Waals surface area contributed by atoms with Gasteiger partial charge in [-0.3, -0.25) is 4.79 Å². The first-order valence-corrected chi connectivity index (χ1v) is 7.26. The Morgan fingerprint density at radius 1 is 1.29 bits per heavy atom. The molecule has 0 aliphatic carbocycles. The van der Waals surface area contributed by atoms with Gasteiger partial charge in [0.2, 0.25) is 0 Å². The molecule has 3 nitrogen and oxygen atoms in total. The third kappa shape index (κ3) is 3.44. The molecule has 2 rings (SSSR count). The van der Waals surface area contributed by atoms with Gasteiger partial charge in [-0.25, -0.2) is 0 Å². The fourth-order valence-electron chi connectivity index (χ4n) is 1.92. The number of ether oxygens (including phenoxy) is 1. The number of rotatable bonds is 4. The second-order valence-electron chi connectivity index (χ2n) is 4.32. The third-order valence-corrected chi connectivity index (χ3v) is 3.96. The van der Waals surface area contributed by atoms with E-state index in [1.54, 1.807) is 49.6 Å². The molecule has 0 aliphatic heterocycles. The molecule has 0 aromatic heterocycles. The number of nitrogens with zero attached hydrogens (tertiary/aromatic N) is 1. The molecular formula is C16H11BrClNO2. The first kappa shape index (κ1) is 15.6. The highest BCUT2D eigenvalue weighted by Crippen LogP contribution is 2.28. The summed E-state index contributed by atoms with van der Waals surface area (Å²) in [5.74, 6) is -0.505. The maximum Gasteiger partial charge on any atom is 0.185 e. The summed E-state index contributed by atoms with van der Waals surface area (Å²) in [5.41, 5.74) is 1.01. The van der Waals surface area contributed by atoms with Crippen molar-refractivity contribution in [3.05, 3.63) is 63.1 Å². The number of carbonyl (C=O) groups is 1. The van der Waals surface area contributed by atoms with Crippen molar-refractivity contribution in [2.75, 3.05) is 7.11 Å². The summed E-state index contributed by atoms with van der Waals surface area (Å²) in [4.78, 5) is 12.6. The average Bonchev–Trinajstić information content (AvgIpc) is 2.51. The van der Waals surface area contributed by atoms with Crippen LogP contribution in [0, 0.1) is 11.3 Å². The summed E-state index contributed by atoms with van der Waals surface area (Å²) >= 11 is 9.24. The van der Waals surface area contributed by atoms with Crippen molar-refractivity contribution in [1.82, 2.24) is 0 Å². The molecule has 0 saturated heterocycles. The Bertz CT molecular complexity index is 707. The number of benzene rings is 2. The van der Waals surface area contributed by atoms with E-state index < -0.39 is 5.92 Å². The van der Waals surface area contributed by atoms with E-state index in [0.29, 0.717) is 26.4 Å². The molecule has 0 aliphatic rings. The predicted octanol–water partition coefficient (Wildman–Crippen LogP) is 4.60. The molecule has 0 heterocycles. The Morgan fingerprint density at radius 2 is 1.95 bits per heavy atom. The highest BCUT2D eigenvalue weighted by atomic mass is 79.9. The van der Waals surface area contributed by atoms with Crippen LogP contribution in [0.4, 0.5) is 0 Å². The Labute approximate surface area is 136 Å². The maximum atomic E-state index is 12.6. The molecule has 0 spiro atoms. The van der Waals surface area contributed by atoms with E-state index in [1.165, 1.54) is 0 Å². The lowest BCUT2D eigenvalue weighted by Crippen LogP contribution is -2.12. The van der Waals surface area contributed by atoms with Crippen LogP contribution in [0.1, 0.15) is 21.8 Å². The first-order valence-electron chi connectivity index (χ1n) is 6.09. The van der Waals surface area contributed by atoms with Crippen LogP contribution in [0.3, 0.4) is 0 Å². The van der Waals surface area contributed by atoms with Gasteiger partial charge in [0.15, 0.2) is 5.78 Å². The number of Topliss-reactive ketones (excluding diaryl/α,β-unsaturated/α-hetero) is 1. The van der Waals surface area contributed by atoms with E-state index in [0.717, 1.165) is 0 Å². The molecular weight excluding hydrogens is 354 g/mol. The topological polar surface area (TPSA) is 50.1 Å². The van der Waals surface area contributed by atoms with Crippen LogP contribution in [-0.2, 0) is 0 Å². The van der Waals surface area contributed by atoms with Crippen LogP contribution in [0.5, 0.6) is 5.75 Å². The molecule has 0 saturated carbocycles. The Morgan fingerprint density at radius 3 is 2.52 bits per heavy atom. The number of hydrogen-bond donors (Lipinski definition) is 0. The van der Waals surface area contributed by atoms with E-state index in [9.17, 15) is 10.1 Å². The molecule has 5 heteroatoms. The van der Waals surface area contributed by atoms with Crippen molar-refractivity contribution in [3.8, 4) is 11.8 Å². The van der Waals surface area contributed by atoms with Gasteiger partial charge in [0.1, 0.15) is 11.7 Å². The lowest BCUT2D eigenvalue weighted by molar-refractivity contribution is 0.0978. The molecule has 21 heavy (non-hydrogen) atoms. The first-order chi connectivity index (χ1) is 10.1. The van der Waals surface area contributed by atoms with Crippen LogP contribution in [-0.4, -0.2) is 12.9 Å². The van der Waals surface area contributed by atoms with Crippen LogP contribution in [0.15, 0.2) is 46.9 Å². The molecule has 0 radical (unpaired) electrons. The number of methoxy groups -OCH3 is 1. The summed E-state index contributed by atoms with van der Waals surface area (Å²) in [6.07, 6.45) is 0. The van der Waals surface area contributed by atoms with Gasteiger partial charge >= 0.3 is 0 Å². The molecule has 1 atom stereocenters. The summed E-state index contributed by atoms with van der Waals surface area (Å²) in [6, 6.07) is 13.8. The van der Waals surface area contributed by atoms with Crippen molar-refractivity contribution < 1.29 is 9.53 Å². The molecule has 1 unspecified atom stereocenters. The molecule has 0 amide bonds. The minimum absolute atomic E-state index is 0.294. The predicted molar refractivity (Wildman–Crippen MR) is 84.8 cm³/mol. The van der Waals surface area contributed by atoms with Gasteiger partial charge in [0.05, 0.1) is 13.2 Å². The SMILES string of the molecule is COc1ccc(C(C#N)C(=O)c2cc(Cl)ccc2Br)cc1. The zero-order valence-electron chi connectivity index (χ0n) is 11.1. The molecule has 0 bridgehead atoms. The van der Waals surface area contributed by atoms with E-state index in [4.69, 9.17) is 16.3 Å². The van der Waals surface area contributed by atoms with Crippen molar-refractivity contribution in [2.45, 2.75) is 5.92 Å². The van der Waals surface area contributed by atoms with Crippen LogP contribution in [0.2, 0.25) is 5.02 Å². The van der Waals surface area contributed by atoms with Gasteiger partial charge in [-0.05, 0) is 35.9 Å². The van der Waals surface area contributed by atoms with E-state index in [2.05, 4.69) is 15.9 Å². The minimum Gasteiger partial charge on any atom is -0.497 e. The Hall–Kier alpha value is -1.83. The second-order valence-corrected chi connectivity index (χ2v) is 5.61. The third-order valence-electron chi connectivity index (χ3n) is 3.03. The largest absolute Gasteiger partial charge is 0.497 e. The quantitative estimate of drug-likeness (QED) is 0.745. The highest BCUT2D eigenvalue weighted by molar-refractivity contribution is 9.10. The molecule has 2 aromatic rings. The summed E-state index contributed by atoms with van der Waals surface area (Å²) in [7, 11) is 1.56. The van der Waals surface area contributed by atoms with E-state index in [1.807, 2.05) is 6.07 Å². The molecule has 0 fully saturated rings. The van der Waals surface area contributed by atoms with Gasteiger partial charge in [0, 0.05) is 15.1 Å². The Balaban J connectivity index is 2.38. The number of ketones is 1. The maximum absolute atomic E-state index is 12.6. The lowest BCUT2D eigenvalue weighted by Gasteiger charge is -2.11. The van der Waals surface area contributed by atoms with Gasteiger partial charge in [-0.15, -0.1) is 0 Å².